The third-order valence-electron chi connectivity index (χ3n) is 2.02. The fraction of sp³-hybridized carbons (Fsp3) is 0.778. The van der Waals surface area contributed by atoms with E-state index in [0.29, 0.717) is 23.4 Å². The number of hydrogen-bond donors (Lipinski definition) is 1. The highest BCUT2D eigenvalue weighted by Gasteiger charge is 2.05. The summed E-state index contributed by atoms with van der Waals surface area (Å²) in [6.07, 6.45) is 0. The molecule has 0 aliphatic carbocycles. The van der Waals surface area contributed by atoms with Gasteiger partial charge in [0.2, 0.25) is 0 Å². The summed E-state index contributed by atoms with van der Waals surface area (Å²) in [4.78, 5) is 0. The maximum Gasteiger partial charge on any atom is 0.0431 e. The van der Waals surface area contributed by atoms with Crippen LogP contribution in [0.1, 0.15) is 20.8 Å². The zero-order valence-electron chi connectivity index (χ0n) is 7.90. The lowest BCUT2D eigenvalue weighted by Crippen LogP contribution is -2.25. The monoisotopic (exact) mass is 209 g/mol. The van der Waals surface area contributed by atoms with Crippen LogP contribution in [0.4, 0.5) is 0 Å². The number of nitrogens with one attached hydrogen (secondary N) is 1. The van der Waals surface area contributed by atoms with Gasteiger partial charge in [0.25, 0.3) is 0 Å². The van der Waals surface area contributed by atoms with Crippen LogP contribution in [0.3, 0.4) is 0 Å². The lowest BCUT2D eigenvalue weighted by Gasteiger charge is -2.15. The molecule has 12 heavy (non-hydrogen) atoms. The molecular formula is C9H17Cl2N. The Hall–Kier alpha value is 0.280. The lowest BCUT2D eigenvalue weighted by molar-refractivity contribution is 0.399. The van der Waals surface area contributed by atoms with Gasteiger partial charge >= 0.3 is 0 Å². The van der Waals surface area contributed by atoms with Crippen LogP contribution >= 0.6 is 23.2 Å². The first-order chi connectivity index (χ1) is 5.57. The van der Waals surface area contributed by atoms with Crippen molar-refractivity contribution in [3.8, 4) is 0 Å². The SMILES string of the molecule is CC(C)C(C)CNCC(Cl)=CCl. The zero-order valence-corrected chi connectivity index (χ0v) is 9.41. The lowest BCUT2D eigenvalue weighted by atomic mass is 9.98. The molecule has 0 aromatic heterocycles. The van der Waals surface area contributed by atoms with Gasteiger partial charge in [-0.2, -0.15) is 0 Å². The third-order valence-corrected chi connectivity index (χ3v) is 2.63. The highest BCUT2D eigenvalue weighted by molar-refractivity contribution is 6.36. The van der Waals surface area contributed by atoms with Crippen LogP contribution in [0.25, 0.3) is 0 Å². The van der Waals surface area contributed by atoms with Crippen molar-refractivity contribution in [1.29, 1.82) is 0 Å². The van der Waals surface area contributed by atoms with Crippen molar-refractivity contribution in [1.82, 2.24) is 5.32 Å². The van der Waals surface area contributed by atoms with Crippen molar-refractivity contribution in [3.63, 3.8) is 0 Å². The van der Waals surface area contributed by atoms with Gasteiger partial charge in [-0.3, -0.25) is 0 Å². The van der Waals surface area contributed by atoms with Crippen molar-refractivity contribution >= 4 is 23.2 Å². The Bertz CT molecular complexity index is 143. The summed E-state index contributed by atoms with van der Waals surface area (Å²) < 4.78 is 0. The van der Waals surface area contributed by atoms with Gasteiger partial charge in [0.05, 0.1) is 0 Å². The Balaban J connectivity index is 3.43. The standard InChI is InChI=1S/C9H17Cl2N/c1-7(2)8(3)5-12-6-9(11)4-10/h4,7-8,12H,5-6H2,1-3H3. The van der Waals surface area contributed by atoms with Crippen LogP contribution in [-0.2, 0) is 0 Å². The normalized spacial score (nSPS) is 15.3. The Morgan fingerprint density at radius 1 is 1.42 bits per heavy atom. The smallest absolute Gasteiger partial charge is 0.0431 e. The molecule has 0 saturated carbocycles. The van der Waals surface area contributed by atoms with E-state index >= 15 is 0 Å². The predicted molar refractivity (Wildman–Crippen MR) is 56.7 cm³/mol. The molecule has 0 aliphatic heterocycles. The van der Waals surface area contributed by atoms with Crippen molar-refractivity contribution in [3.05, 3.63) is 10.6 Å². The van der Waals surface area contributed by atoms with E-state index in [0.717, 1.165) is 6.54 Å². The Morgan fingerprint density at radius 3 is 2.42 bits per heavy atom. The quantitative estimate of drug-likeness (QED) is 0.734. The first kappa shape index (κ1) is 12.3. The van der Waals surface area contributed by atoms with Crippen LogP contribution in [-0.4, -0.2) is 13.1 Å². The van der Waals surface area contributed by atoms with Crippen LogP contribution in [0.2, 0.25) is 0 Å². The molecule has 3 heteroatoms. The number of halogens is 2. The topological polar surface area (TPSA) is 12.0 Å². The summed E-state index contributed by atoms with van der Waals surface area (Å²) in [5.74, 6) is 1.38. The maximum atomic E-state index is 5.69. The molecule has 0 rings (SSSR count). The van der Waals surface area contributed by atoms with Gasteiger partial charge in [-0.25, -0.2) is 0 Å². The first-order valence-corrected chi connectivity index (χ1v) is 5.04. The second-order valence-electron chi connectivity index (χ2n) is 3.41. The van der Waals surface area contributed by atoms with Crippen LogP contribution in [0.5, 0.6) is 0 Å². The Morgan fingerprint density at radius 2 is 2.00 bits per heavy atom. The molecule has 72 valence electrons. The van der Waals surface area contributed by atoms with Crippen LogP contribution in [0, 0.1) is 11.8 Å². The Kier molecular flexibility index (Phi) is 6.92. The third kappa shape index (κ3) is 5.87. The molecule has 1 nitrogen and oxygen atoms in total. The van der Waals surface area contributed by atoms with Crippen LogP contribution in [0.15, 0.2) is 10.6 Å². The maximum absolute atomic E-state index is 5.69. The molecule has 1 unspecified atom stereocenters. The van der Waals surface area contributed by atoms with E-state index in [2.05, 4.69) is 26.1 Å². The molecule has 0 radical (unpaired) electrons. The highest BCUT2D eigenvalue weighted by atomic mass is 35.5. The van der Waals surface area contributed by atoms with E-state index in [1.54, 1.807) is 0 Å². The second kappa shape index (κ2) is 6.76. The summed E-state index contributed by atoms with van der Waals surface area (Å²) in [5.41, 5.74) is 1.40. The van der Waals surface area contributed by atoms with Gasteiger partial charge < -0.3 is 5.32 Å². The van der Waals surface area contributed by atoms with E-state index in [-0.39, 0.29) is 0 Å². The van der Waals surface area contributed by atoms with E-state index < -0.39 is 0 Å². The average Bonchev–Trinajstić information content (AvgIpc) is 2.03. The van der Waals surface area contributed by atoms with E-state index in [1.165, 1.54) is 5.54 Å². The minimum Gasteiger partial charge on any atom is -0.311 e. The zero-order chi connectivity index (χ0) is 9.56. The van der Waals surface area contributed by atoms with Crippen molar-refractivity contribution in [2.45, 2.75) is 20.8 Å². The van der Waals surface area contributed by atoms with Gasteiger partial charge in [0.1, 0.15) is 0 Å². The molecule has 0 aromatic carbocycles. The molecule has 0 bridgehead atoms. The van der Waals surface area contributed by atoms with Gasteiger partial charge in [-0.05, 0) is 18.4 Å². The second-order valence-corrected chi connectivity index (χ2v) is 4.11. The summed E-state index contributed by atoms with van der Waals surface area (Å²) in [5, 5.41) is 3.89. The minimum atomic E-state index is 0.660. The largest absolute Gasteiger partial charge is 0.311 e. The molecule has 0 fully saturated rings. The predicted octanol–water partition coefficient (Wildman–Crippen LogP) is 3.19. The van der Waals surface area contributed by atoms with E-state index in [4.69, 9.17) is 23.2 Å². The van der Waals surface area contributed by atoms with E-state index in [1.807, 2.05) is 0 Å². The van der Waals surface area contributed by atoms with Gasteiger partial charge in [-0.1, -0.05) is 44.0 Å². The molecule has 1 atom stereocenters. The molecule has 0 saturated heterocycles. The van der Waals surface area contributed by atoms with Crippen molar-refractivity contribution in [2.24, 2.45) is 11.8 Å². The first-order valence-electron chi connectivity index (χ1n) is 4.23. The molecule has 0 amide bonds. The Labute approximate surface area is 85.1 Å². The molecular weight excluding hydrogens is 193 g/mol. The van der Waals surface area contributed by atoms with Crippen molar-refractivity contribution in [2.75, 3.05) is 13.1 Å². The van der Waals surface area contributed by atoms with Crippen LogP contribution < -0.4 is 5.32 Å². The fourth-order valence-corrected chi connectivity index (χ4v) is 0.865. The summed E-state index contributed by atoms with van der Waals surface area (Å²) in [7, 11) is 0. The molecule has 0 heterocycles. The molecule has 0 aromatic rings. The molecule has 0 spiro atoms. The highest BCUT2D eigenvalue weighted by Crippen LogP contribution is 2.08. The fourth-order valence-electron chi connectivity index (χ4n) is 0.694. The van der Waals surface area contributed by atoms with Gasteiger partial charge in [0.15, 0.2) is 0 Å². The van der Waals surface area contributed by atoms with Gasteiger partial charge in [0, 0.05) is 17.1 Å². The summed E-state index contributed by atoms with van der Waals surface area (Å²) >= 11 is 11.1. The van der Waals surface area contributed by atoms with Crippen molar-refractivity contribution < 1.29 is 0 Å². The number of rotatable bonds is 5. The average molecular weight is 210 g/mol. The summed E-state index contributed by atoms with van der Waals surface area (Å²) in [6.45, 7) is 8.30. The van der Waals surface area contributed by atoms with Gasteiger partial charge in [-0.15, -0.1) is 0 Å². The molecule has 1 N–H and O–H groups in total. The minimum absolute atomic E-state index is 0.660. The number of hydrogen-bond acceptors (Lipinski definition) is 1. The van der Waals surface area contributed by atoms with E-state index in [9.17, 15) is 0 Å². The molecule has 0 aliphatic rings. The summed E-state index contributed by atoms with van der Waals surface area (Å²) in [6, 6.07) is 0.